The highest BCUT2D eigenvalue weighted by Crippen LogP contribution is 2.34. The van der Waals surface area contributed by atoms with E-state index in [4.69, 9.17) is 10.5 Å². The first kappa shape index (κ1) is 17.4. The Morgan fingerprint density at radius 2 is 1.83 bits per heavy atom. The van der Waals surface area contributed by atoms with Crippen LogP contribution in [0.5, 0.6) is 5.75 Å². The lowest BCUT2D eigenvalue weighted by Gasteiger charge is -2.41. The molecule has 5 heteroatoms. The predicted molar refractivity (Wildman–Crippen MR) is 101 cm³/mol. The lowest BCUT2D eigenvalue weighted by Crippen LogP contribution is -2.52. The number of nitrogen functional groups attached to an aromatic ring is 1. The fraction of sp³-hybridized carbons (Fsp3) is 0.684. The quantitative estimate of drug-likeness (QED) is 0.809. The number of hydrogen-bond donors (Lipinski definition) is 2. The predicted octanol–water partition coefficient (Wildman–Crippen LogP) is 2.10. The van der Waals surface area contributed by atoms with Gasteiger partial charge < -0.3 is 20.7 Å². The van der Waals surface area contributed by atoms with Crippen molar-refractivity contribution in [1.82, 2.24) is 10.2 Å². The Hall–Kier alpha value is -1.46. The van der Waals surface area contributed by atoms with Gasteiger partial charge in [0.1, 0.15) is 5.75 Å². The summed E-state index contributed by atoms with van der Waals surface area (Å²) in [6.07, 6.45) is 3.50. The molecule has 134 valence electrons. The molecule has 5 nitrogen and oxygen atoms in total. The van der Waals surface area contributed by atoms with Gasteiger partial charge in [-0.3, -0.25) is 4.90 Å². The van der Waals surface area contributed by atoms with Crippen molar-refractivity contribution in [3.63, 3.8) is 0 Å². The maximum absolute atomic E-state index is 6.14. The molecular formula is C19H32N4O. The van der Waals surface area contributed by atoms with E-state index in [1.54, 1.807) is 0 Å². The van der Waals surface area contributed by atoms with Gasteiger partial charge in [0.25, 0.3) is 0 Å². The van der Waals surface area contributed by atoms with Gasteiger partial charge in [-0.2, -0.15) is 0 Å². The molecule has 24 heavy (non-hydrogen) atoms. The first-order chi connectivity index (χ1) is 11.7. The van der Waals surface area contributed by atoms with Gasteiger partial charge in [0.15, 0.2) is 0 Å². The molecule has 1 aromatic carbocycles. The maximum atomic E-state index is 6.14. The van der Waals surface area contributed by atoms with E-state index < -0.39 is 0 Å². The third-order valence-electron chi connectivity index (χ3n) is 5.36. The molecule has 3 rings (SSSR count). The van der Waals surface area contributed by atoms with Gasteiger partial charge in [-0.25, -0.2) is 0 Å². The normalized spacial score (nSPS) is 20.3. The van der Waals surface area contributed by atoms with Crippen LogP contribution in [0.4, 0.5) is 11.4 Å². The van der Waals surface area contributed by atoms with Crippen LogP contribution in [0.15, 0.2) is 12.1 Å². The SMILES string of the molecule is CCOc1cc(N2CCC(N3CCNCC3)CC2)c(CC)cc1N. The Kier molecular flexibility index (Phi) is 5.85. The van der Waals surface area contributed by atoms with E-state index in [0.29, 0.717) is 6.61 Å². The summed E-state index contributed by atoms with van der Waals surface area (Å²) in [5.74, 6) is 0.828. The van der Waals surface area contributed by atoms with Crippen LogP contribution < -0.4 is 20.7 Å². The number of piperidine rings is 1. The van der Waals surface area contributed by atoms with E-state index in [0.717, 1.165) is 50.1 Å². The van der Waals surface area contributed by atoms with Crippen molar-refractivity contribution in [3.8, 4) is 5.75 Å². The summed E-state index contributed by atoms with van der Waals surface area (Å²) < 4.78 is 5.72. The largest absolute Gasteiger partial charge is 0.492 e. The highest BCUT2D eigenvalue weighted by Gasteiger charge is 2.26. The minimum absolute atomic E-state index is 0.653. The summed E-state index contributed by atoms with van der Waals surface area (Å²) in [4.78, 5) is 5.20. The Bertz CT molecular complexity index is 534. The van der Waals surface area contributed by atoms with Gasteiger partial charge >= 0.3 is 0 Å². The summed E-state index contributed by atoms with van der Waals surface area (Å²) in [6.45, 7) is 11.8. The maximum Gasteiger partial charge on any atom is 0.144 e. The van der Waals surface area contributed by atoms with Crippen molar-refractivity contribution in [1.29, 1.82) is 0 Å². The molecule has 2 saturated heterocycles. The second-order valence-electron chi connectivity index (χ2n) is 6.81. The molecular weight excluding hydrogens is 300 g/mol. The number of hydrogen-bond acceptors (Lipinski definition) is 5. The molecule has 0 bridgehead atoms. The Balaban J connectivity index is 1.69. The molecule has 2 fully saturated rings. The molecule has 3 N–H and O–H groups in total. The van der Waals surface area contributed by atoms with Crippen LogP contribution in [-0.4, -0.2) is 56.8 Å². The third-order valence-corrected chi connectivity index (χ3v) is 5.36. The van der Waals surface area contributed by atoms with E-state index in [1.165, 1.54) is 37.2 Å². The Morgan fingerprint density at radius 1 is 1.12 bits per heavy atom. The molecule has 0 spiro atoms. The number of ether oxygens (including phenoxy) is 1. The molecule has 0 aromatic heterocycles. The third kappa shape index (κ3) is 3.78. The van der Waals surface area contributed by atoms with E-state index >= 15 is 0 Å². The zero-order valence-electron chi connectivity index (χ0n) is 15.2. The molecule has 0 unspecified atom stereocenters. The number of aryl methyl sites for hydroxylation is 1. The van der Waals surface area contributed by atoms with Crippen molar-refractivity contribution in [2.45, 2.75) is 39.2 Å². The minimum atomic E-state index is 0.653. The van der Waals surface area contributed by atoms with Crippen LogP contribution in [0.25, 0.3) is 0 Å². The highest BCUT2D eigenvalue weighted by atomic mass is 16.5. The van der Waals surface area contributed by atoms with Crippen LogP contribution in [0.1, 0.15) is 32.3 Å². The average molecular weight is 332 g/mol. The van der Waals surface area contributed by atoms with Crippen molar-refractivity contribution in [3.05, 3.63) is 17.7 Å². The molecule has 2 aliphatic heterocycles. The molecule has 0 aliphatic carbocycles. The first-order valence-corrected chi connectivity index (χ1v) is 9.47. The van der Waals surface area contributed by atoms with E-state index in [9.17, 15) is 0 Å². The summed E-state index contributed by atoms with van der Waals surface area (Å²) in [5.41, 5.74) is 9.55. The topological polar surface area (TPSA) is 53.8 Å². The summed E-state index contributed by atoms with van der Waals surface area (Å²) in [5, 5.41) is 3.45. The number of anilines is 2. The average Bonchev–Trinajstić information content (AvgIpc) is 2.64. The van der Waals surface area contributed by atoms with Crippen LogP contribution in [0, 0.1) is 0 Å². The lowest BCUT2D eigenvalue weighted by molar-refractivity contribution is 0.150. The molecule has 0 amide bonds. The first-order valence-electron chi connectivity index (χ1n) is 9.47. The summed E-state index contributed by atoms with van der Waals surface area (Å²) in [7, 11) is 0. The number of nitrogens with one attached hydrogen (secondary N) is 1. The van der Waals surface area contributed by atoms with E-state index in [-0.39, 0.29) is 0 Å². The molecule has 0 atom stereocenters. The number of benzene rings is 1. The molecule has 1 aromatic rings. The van der Waals surface area contributed by atoms with E-state index in [1.807, 2.05) is 6.92 Å². The lowest BCUT2D eigenvalue weighted by atomic mass is 9.99. The van der Waals surface area contributed by atoms with Crippen LogP contribution >= 0.6 is 0 Å². The minimum Gasteiger partial charge on any atom is -0.492 e. The number of nitrogens with two attached hydrogens (primary N) is 1. The second kappa shape index (κ2) is 8.08. The molecule has 0 saturated carbocycles. The van der Waals surface area contributed by atoms with Crippen LogP contribution in [0.2, 0.25) is 0 Å². The standard InChI is InChI=1S/C19H32N4O/c1-3-15-13-17(20)19(24-4-2)14-18(15)23-9-5-16(6-10-23)22-11-7-21-8-12-22/h13-14,16,21H,3-12,20H2,1-2H3. The second-order valence-corrected chi connectivity index (χ2v) is 6.81. The number of rotatable bonds is 5. The van der Waals surface area contributed by atoms with Crippen molar-refractivity contribution in [2.75, 3.05) is 56.5 Å². The van der Waals surface area contributed by atoms with Gasteiger partial charge in [0, 0.05) is 57.1 Å². The smallest absolute Gasteiger partial charge is 0.144 e. The highest BCUT2D eigenvalue weighted by molar-refractivity contribution is 5.67. The Morgan fingerprint density at radius 3 is 2.46 bits per heavy atom. The summed E-state index contributed by atoms with van der Waals surface area (Å²) in [6, 6.07) is 5.00. The van der Waals surface area contributed by atoms with Crippen LogP contribution in [-0.2, 0) is 6.42 Å². The van der Waals surface area contributed by atoms with Crippen molar-refractivity contribution < 1.29 is 4.74 Å². The Labute approximate surface area is 146 Å². The van der Waals surface area contributed by atoms with Gasteiger partial charge in [-0.05, 0) is 37.8 Å². The molecule has 2 aliphatic rings. The van der Waals surface area contributed by atoms with Crippen LogP contribution in [0.3, 0.4) is 0 Å². The molecule has 0 radical (unpaired) electrons. The van der Waals surface area contributed by atoms with Gasteiger partial charge in [-0.15, -0.1) is 0 Å². The fourth-order valence-corrected chi connectivity index (χ4v) is 4.01. The monoisotopic (exact) mass is 332 g/mol. The number of nitrogens with zero attached hydrogens (tertiary/aromatic N) is 2. The fourth-order valence-electron chi connectivity index (χ4n) is 4.01. The van der Waals surface area contributed by atoms with E-state index in [2.05, 4.69) is 34.2 Å². The van der Waals surface area contributed by atoms with Gasteiger partial charge in [0.2, 0.25) is 0 Å². The molecule has 2 heterocycles. The van der Waals surface area contributed by atoms with Crippen molar-refractivity contribution in [2.24, 2.45) is 0 Å². The van der Waals surface area contributed by atoms with Crippen molar-refractivity contribution >= 4 is 11.4 Å². The summed E-state index contributed by atoms with van der Waals surface area (Å²) >= 11 is 0. The van der Waals surface area contributed by atoms with Gasteiger partial charge in [0.05, 0.1) is 12.3 Å². The zero-order chi connectivity index (χ0) is 16.9. The zero-order valence-corrected chi connectivity index (χ0v) is 15.2. The number of piperazine rings is 1. The van der Waals surface area contributed by atoms with Gasteiger partial charge in [-0.1, -0.05) is 6.92 Å².